The summed E-state index contributed by atoms with van der Waals surface area (Å²) < 4.78 is 0. The molecule has 0 unspecified atom stereocenters. The van der Waals surface area contributed by atoms with Crippen LogP contribution in [-0.4, -0.2) is 35.5 Å². The van der Waals surface area contributed by atoms with Crippen LogP contribution in [0.4, 0.5) is 5.69 Å². The lowest BCUT2D eigenvalue weighted by Crippen LogP contribution is -2.39. The van der Waals surface area contributed by atoms with Crippen molar-refractivity contribution in [3.05, 3.63) is 100 Å². The van der Waals surface area contributed by atoms with Crippen molar-refractivity contribution in [1.29, 1.82) is 0 Å². The lowest BCUT2D eigenvalue weighted by atomic mass is 9.84. The van der Waals surface area contributed by atoms with Gasteiger partial charge in [-0.15, -0.1) is 0 Å². The van der Waals surface area contributed by atoms with Crippen molar-refractivity contribution < 1.29 is 14.4 Å². The second-order valence-corrected chi connectivity index (χ2v) is 7.97. The Morgan fingerprint density at radius 3 is 2.13 bits per heavy atom. The summed E-state index contributed by atoms with van der Waals surface area (Å²) in [7, 11) is 1.91. The summed E-state index contributed by atoms with van der Waals surface area (Å²) in [4.78, 5) is 40.4. The molecule has 1 N–H and O–H groups in total. The third kappa shape index (κ3) is 3.92. The van der Waals surface area contributed by atoms with Crippen molar-refractivity contribution in [3.8, 4) is 0 Å². The van der Waals surface area contributed by atoms with Crippen LogP contribution in [0.3, 0.4) is 0 Å². The van der Waals surface area contributed by atoms with Crippen molar-refractivity contribution in [2.45, 2.75) is 26.4 Å². The van der Waals surface area contributed by atoms with Crippen LogP contribution < -0.4 is 5.32 Å². The lowest BCUT2D eigenvalue weighted by molar-refractivity contribution is -0.120. The summed E-state index contributed by atoms with van der Waals surface area (Å²) in [6, 6.07) is 19.4. The monoisotopic (exact) mass is 412 g/mol. The number of benzene rings is 3. The molecular weight excluding hydrogens is 388 g/mol. The second-order valence-electron chi connectivity index (χ2n) is 7.97. The van der Waals surface area contributed by atoms with Crippen LogP contribution in [0.25, 0.3) is 0 Å². The Bertz CT molecular complexity index is 1200. The molecule has 1 aliphatic rings. The van der Waals surface area contributed by atoms with Crippen LogP contribution in [0, 0.1) is 6.92 Å². The van der Waals surface area contributed by atoms with E-state index in [1.165, 1.54) is 11.1 Å². The first kappa shape index (κ1) is 20.7. The van der Waals surface area contributed by atoms with Gasteiger partial charge in [0.15, 0.2) is 11.6 Å². The zero-order valence-electron chi connectivity index (χ0n) is 17.8. The van der Waals surface area contributed by atoms with E-state index in [2.05, 4.69) is 24.4 Å². The van der Waals surface area contributed by atoms with Crippen molar-refractivity contribution in [2.24, 2.45) is 0 Å². The minimum atomic E-state index is -0.381. The smallest absolute Gasteiger partial charge is 0.241 e. The highest BCUT2D eigenvalue weighted by atomic mass is 16.2. The number of aryl methyl sites for hydroxylation is 1. The van der Waals surface area contributed by atoms with Gasteiger partial charge in [0.05, 0.1) is 6.04 Å². The van der Waals surface area contributed by atoms with Gasteiger partial charge in [-0.05, 0) is 50.2 Å². The maximum absolute atomic E-state index is 12.9. The Hall–Kier alpha value is -3.57. The molecule has 0 saturated heterocycles. The molecule has 5 heteroatoms. The van der Waals surface area contributed by atoms with Crippen molar-refractivity contribution in [2.75, 3.05) is 12.4 Å². The number of fused-ring (bicyclic) bond motifs is 2. The summed E-state index contributed by atoms with van der Waals surface area (Å²) in [6.45, 7) is 4.55. The van der Waals surface area contributed by atoms with E-state index in [-0.39, 0.29) is 23.5 Å². The molecule has 0 radical (unpaired) electrons. The van der Waals surface area contributed by atoms with Crippen LogP contribution in [0.2, 0.25) is 0 Å². The molecule has 0 aromatic heterocycles. The molecule has 1 atom stereocenters. The number of ketones is 2. The average Bonchev–Trinajstić information content (AvgIpc) is 2.78. The maximum Gasteiger partial charge on any atom is 0.241 e. The molecule has 3 aromatic rings. The Balaban J connectivity index is 1.51. The Labute approximate surface area is 181 Å². The summed E-state index contributed by atoms with van der Waals surface area (Å²) >= 11 is 0. The predicted molar refractivity (Wildman–Crippen MR) is 120 cm³/mol. The minimum absolute atomic E-state index is 0.172. The first-order valence-electron chi connectivity index (χ1n) is 10.2. The number of rotatable bonds is 5. The maximum atomic E-state index is 12.9. The number of nitrogens with one attached hydrogen (secondary N) is 1. The lowest BCUT2D eigenvalue weighted by Gasteiger charge is -2.25. The minimum Gasteiger partial charge on any atom is -0.325 e. The van der Waals surface area contributed by atoms with Gasteiger partial charge in [-0.2, -0.15) is 0 Å². The van der Waals surface area contributed by atoms with Crippen molar-refractivity contribution >= 4 is 23.2 Å². The fourth-order valence-corrected chi connectivity index (χ4v) is 3.82. The highest BCUT2D eigenvalue weighted by Crippen LogP contribution is 2.29. The molecule has 0 saturated carbocycles. The fourth-order valence-electron chi connectivity index (χ4n) is 3.82. The van der Waals surface area contributed by atoms with Crippen LogP contribution in [0.5, 0.6) is 0 Å². The first-order chi connectivity index (χ1) is 14.9. The predicted octanol–water partition coefficient (Wildman–Crippen LogP) is 4.23. The number of carbonyl (C=O) groups is 3. The van der Waals surface area contributed by atoms with Gasteiger partial charge >= 0.3 is 0 Å². The summed E-state index contributed by atoms with van der Waals surface area (Å²) in [6.07, 6.45) is 0. The zero-order chi connectivity index (χ0) is 22.1. The topological polar surface area (TPSA) is 66.5 Å². The van der Waals surface area contributed by atoms with Crippen molar-refractivity contribution in [3.63, 3.8) is 0 Å². The number of carbonyl (C=O) groups excluding carboxylic acids is 3. The van der Waals surface area contributed by atoms with Crippen LogP contribution in [0.15, 0.2) is 66.7 Å². The number of amides is 1. The molecule has 31 heavy (non-hydrogen) atoms. The molecule has 156 valence electrons. The molecule has 5 nitrogen and oxygen atoms in total. The Kier molecular flexibility index (Phi) is 5.53. The summed E-state index contributed by atoms with van der Waals surface area (Å²) in [5.74, 6) is -0.550. The number of hydrogen-bond acceptors (Lipinski definition) is 4. The molecule has 0 bridgehead atoms. The highest BCUT2D eigenvalue weighted by Gasteiger charge is 2.29. The Morgan fingerprint density at radius 1 is 0.871 bits per heavy atom. The molecule has 0 spiro atoms. The van der Waals surface area contributed by atoms with Gasteiger partial charge in [0.25, 0.3) is 0 Å². The zero-order valence-corrected chi connectivity index (χ0v) is 17.8. The third-order valence-corrected chi connectivity index (χ3v) is 5.91. The number of likely N-dealkylation sites (N-methyl/N-ethyl adjacent to an activating group) is 1. The normalized spacial score (nSPS) is 13.5. The van der Waals surface area contributed by atoms with E-state index in [0.717, 1.165) is 0 Å². The molecular formula is C26H24N2O3. The number of nitrogens with zero attached hydrogens (tertiary/aromatic N) is 1. The van der Waals surface area contributed by atoms with E-state index in [9.17, 15) is 14.4 Å². The van der Waals surface area contributed by atoms with Crippen LogP contribution in [0.1, 0.15) is 49.9 Å². The van der Waals surface area contributed by atoms with E-state index in [1.54, 1.807) is 42.5 Å². The van der Waals surface area contributed by atoms with E-state index in [1.807, 2.05) is 31.0 Å². The van der Waals surface area contributed by atoms with Gasteiger partial charge in [0.2, 0.25) is 5.91 Å². The van der Waals surface area contributed by atoms with Crippen molar-refractivity contribution in [1.82, 2.24) is 4.90 Å². The molecule has 1 amide bonds. The average molecular weight is 412 g/mol. The van der Waals surface area contributed by atoms with E-state index < -0.39 is 0 Å². The van der Waals surface area contributed by atoms with Crippen LogP contribution >= 0.6 is 0 Å². The molecule has 0 aliphatic heterocycles. The standard InChI is InChI=1S/C26H24N2O3/c1-16-8-4-5-9-18(16)15-28(3)17(2)26(31)27-19-12-13-22-23(14-19)25(30)21-11-7-6-10-20(21)24(22)29/h4-14,17H,15H2,1-3H3,(H,27,31)/t17-/m1/s1. The van der Waals surface area contributed by atoms with Gasteiger partial charge < -0.3 is 5.32 Å². The fraction of sp³-hybridized carbons (Fsp3) is 0.192. The van der Waals surface area contributed by atoms with E-state index in [0.29, 0.717) is 34.5 Å². The largest absolute Gasteiger partial charge is 0.325 e. The molecule has 0 heterocycles. The molecule has 3 aromatic carbocycles. The highest BCUT2D eigenvalue weighted by molar-refractivity contribution is 6.28. The Morgan fingerprint density at radius 2 is 1.45 bits per heavy atom. The van der Waals surface area contributed by atoms with Gasteiger partial charge in [-0.3, -0.25) is 19.3 Å². The molecule has 4 rings (SSSR count). The SMILES string of the molecule is Cc1ccccc1CN(C)[C@H](C)C(=O)Nc1ccc2c(c1)C(=O)c1ccccc1C2=O. The third-order valence-electron chi connectivity index (χ3n) is 5.91. The second kappa shape index (κ2) is 8.28. The van der Waals surface area contributed by atoms with E-state index >= 15 is 0 Å². The first-order valence-corrected chi connectivity index (χ1v) is 10.2. The van der Waals surface area contributed by atoms with E-state index in [4.69, 9.17) is 0 Å². The van der Waals surface area contributed by atoms with Gasteiger partial charge in [-0.1, -0.05) is 48.5 Å². The molecule has 0 fully saturated rings. The number of hydrogen-bond donors (Lipinski definition) is 1. The van der Waals surface area contributed by atoms with Gasteiger partial charge in [0.1, 0.15) is 0 Å². The van der Waals surface area contributed by atoms with Gasteiger partial charge in [0, 0.05) is 34.5 Å². The summed E-state index contributed by atoms with van der Waals surface area (Å²) in [5, 5.41) is 2.89. The molecule has 1 aliphatic carbocycles. The van der Waals surface area contributed by atoms with Crippen LogP contribution in [-0.2, 0) is 11.3 Å². The number of anilines is 1. The van der Waals surface area contributed by atoms with Gasteiger partial charge in [-0.25, -0.2) is 0 Å². The summed E-state index contributed by atoms with van der Waals surface area (Å²) in [5.41, 5.74) is 4.36. The quantitative estimate of drug-likeness (QED) is 0.533.